The summed E-state index contributed by atoms with van der Waals surface area (Å²) in [6, 6.07) is 7.02. The van der Waals surface area contributed by atoms with E-state index in [1.165, 1.54) is 39.0 Å². The number of hydrogen-bond donors (Lipinski definition) is 1. The van der Waals surface area contributed by atoms with Crippen LogP contribution in [0.4, 0.5) is 0 Å². The predicted molar refractivity (Wildman–Crippen MR) is 124 cm³/mol. The van der Waals surface area contributed by atoms with Crippen LogP contribution in [-0.4, -0.2) is 46.3 Å². The van der Waals surface area contributed by atoms with Crippen LogP contribution in [0.2, 0.25) is 0 Å². The number of nitrogens with zero attached hydrogens (tertiary/aromatic N) is 2. The van der Waals surface area contributed by atoms with Crippen LogP contribution in [0.15, 0.2) is 36.7 Å². The Hall–Kier alpha value is -3.16. The second kappa shape index (κ2) is 14.1. The van der Waals surface area contributed by atoms with Crippen LogP contribution in [0.3, 0.4) is 0 Å². The number of unbranched alkanes of at least 4 members (excludes halogenated alkanes) is 5. The highest BCUT2D eigenvalue weighted by molar-refractivity contribution is 5.75. The Bertz CT molecular complexity index is 854. The molecule has 1 aromatic heterocycles. The zero-order valence-electron chi connectivity index (χ0n) is 19.7. The zero-order chi connectivity index (χ0) is 24.1. The third-order valence-corrected chi connectivity index (χ3v) is 5.05. The summed E-state index contributed by atoms with van der Waals surface area (Å²) in [5.41, 5.74) is 0.801. The van der Waals surface area contributed by atoms with E-state index < -0.39 is 24.0 Å². The summed E-state index contributed by atoms with van der Waals surface area (Å²) in [4.78, 5) is 31.5. The molecule has 0 aliphatic carbocycles. The lowest BCUT2D eigenvalue weighted by Crippen LogP contribution is -2.29. The van der Waals surface area contributed by atoms with E-state index in [4.69, 9.17) is 19.3 Å². The minimum atomic E-state index is -1.02. The molecule has 8 nitrogen and oxygen atoms in total. The first-order chi connectivity index (χ1) is 15.9. The van der Waals surface area contributed by atoms with Crippen molar-refractivity contribution in [3.63, 3.8) is 0 Å². The number of carbonyl (C=O) groups excluding carboxylic acids is 1. The maximum Gasteiger partial charge on any atom is 0.347 e. The number of rotatable bonds is 15. The number of ether oxygens (including phenoxy) is 3. The van der Waals surface area contributed by atoms with Crippen molar-refractivity contribution in [2.75, 3.05) is 13.2 Å². The Kier molecular flexibility index (Phi) is 11.1. The lowest BCUT2D eigenvalue weighted by molar-refractivity contribution is -0.155. The van der Waals surface area contributed by atoms with Gasteiger partial charge in [-0.15, -0.1) is 0 Å². The Morgan fingerprint density at radius 1 is 0.939 bits per heavy atom. The van der Waals surface area contributed by atoms with Crippen molar-refractivity contribution in [2.24, 2.45) is 5.92 Å². The third kappa shape index (κ3) is 9.47. The van der Waals surface area contributed by atoms with E-state index in [1.54, 1.807) is 43.6 Å². The van der Waals surface area contributed by atoms with Crippen LogP contribution >= 0.6 is 0 Å². The van der Waals surface area contributed by atoms with Gasteiger partial charge in [-0.05, 0) is 44.5 Å². The predicted octanol–water partition coefficient (Wildman–Crippen LogP) is 4.91. The maximum absolute atomic E-state index is 12.0. The molecule has 0 amide bonds. The van der Waals surface area contributed by atoms with Crippen LogP contribution in [0.1, 0.15) is 59.3 Å². The molecule has 0 aliphatic heterocycles. The molecule has 33 heavy (non-hydrogen) atoms. The number of aliphatic carboxylic acids is 1. The quantitative estimate of drug-likeness (QED) is 0.296. The Balaban J connectivity index is 1.78. The molecule has 2 atom stereocenters. The molecule has 2 aromatic rings. The molecule has 0 saturated carbocycles. The summed E-state index contributed by atoms with van der Waals surface area (Å²) in [6.45, 7) is 5.70. The van der Waals surface area contributed by atoms with Gasteiger partial charge in [0.15, 0.2) is 17.7 Å². The molecular weight excluding hydrogens is 424 g/mol. The molecule has 0 unspecified atom stereocenters. The molecule has 0 aliphatic rings. The van der Waals surface area contributed by atoms with E-state index in [2.05, 4.69) is 16.9 Å². The highest BCUT2D eigenvalue weighted by Gasteiger charge is 2.20. The fourth-order valence-electron chi connectivity index (χ4n) is 2.94. The topological polar surface area (TPSA) is 108 Å². The first kappa shape index (κ1) is 26.1. The minimum Gasteiger partial charge on any atom is -0.490 e. The van der Waals surface area contributed by atoms with Gasteiger partial charge < -0.3 is 19.3 Å². The van der Waals surface area contributed by atoms with Crippen molar-refractivity contribution in [1.82, 2.24) is 9.97 Å². The average molecular weight is 459 g/mol. The van der Waals surface area contributed by atoms with Crippen molar-refractivity contribution in [1.29, 1.82) is 0 Å². The standard InChI is InChI=1S/C25H34N2O6/c1-4-5-6-7-8-9-14-31-22-15-26-23(27-16-22)20-10-12-21(13-11-20)33-19(3)25(30)32-17-18(2)24(28)29/h10-13,15-16,18-19H,4-9,14,17H2,1-3H3,(H,28,29)/t18-,19+/m1/s1. The Morgan fingerprint density at radius 2 is 1.58 bits per heavy atom. The first-order valence-electron chi connectivity index (χ1n) is 11.5. The van der Waals surface area contributed by atoms with Gasteiger partial charge in [0.25, 0.3) is 0 Å². The van der Waals surface area contributed by atoms with Crippen LogP contribution in [-0.2, 0) is 14.3 Å². The largest absolute Gasteiger partial charge is 0.490 e. The summed E-state index contributed by atoms with van der Waals surface area (Å²) < 4.78 is 16.3. The van der Waals surface area contributed by atoms with Gasteiger partial charge >= 0.3 is 11.9 Å². The summed E-state index contributed by atoms with van der Waals surface area (Å²) in [6.07, 6.45) is 9.74. The van der Waals surface area contributed by atoms with Crippen LogP contribution in [0.25, 0.3) is 11.4 Å². The SMILES string of the molecule is CCCCCCCCOc1cnc(-c2ccc(O[C@@H](C)C(=O)OC[C@@H](C)C(=O)O)cc2)nc1. The average Bonchev–Trinajstić information content (AvgIpc) is 2.82. The van der Waals surface area contributed by atoms with Gasteiger partial charge in [-0.25, -0.2) is 14.8 Å². The number of benzene rings is 1. The molecule has 1 aromatic carbocycles. The van der Waals surface area contributed by atoms with E-state index in [0.717, 1.165) is 12.0 Å². The molecule has 1 heterocycles. The van der Waals surface area contributed by atoms with Gasteiger partial charge in [0, 0.05) is 5.56 Å². The van der Waals surface area contributed by atoms with Gasteiger partial charge in [0.1, 0.15) is 12.4 Å². The van der Waals surface area contributed by atoms with Crippen molar-refractivity contribution in [3.8, 4) is 22.9 Å². The number of hydrogen-bond acceptors (Lipinski definition) is 7. The van der Waals surface area contributed by atoms with Gasteiger partial charge in [0.2, 0.25) is 0 Å². The number of esters is 1. The van der Waals surface area contributed by atoms with Crippen molar-refractivity contribution < 1.29 is 28.9 Å². The highest BCUT2D eigenvalue weighted by Crippen LogP contribution is 2.21. The fraction of sp³-hybridized carbons (Fsp3) is 0.520. The van der Waals surface area contributed by atoms with Crippen LogP contribution < -0.4 is 9.47 Å². The molecule has 1 N–H and O–H groups in total. The number of carboxylic acids is 1. The number of aromatic nitrogens is 2. The Morgan fingerprint density at radius 3 is 2.21 bits per heavy atom. The summed E-state index contributed by atoms with van der Waals surface area (Å²) in [5.74, 6) is -0.722. The molecule has 0 fully saturated rings. The fourth-order valence-corrected chi connectivity index (χ4v) is 2.94. The van der Waals surface area contributed by atoms with E-state index in [-0.39, 0.29) is 6.61 Å². The van der Waals surface area contributed by atoms with Gasteiger partial charge in [-0.3, -0.25) is 4.79 Å². The van der Waals surface area contributed by atoms with E-state index in [1.807, 2.05) is 0 Å². The molecule has 2 rings (SSSR count). The molecule has 0 radical (unpaired) electrons. The lowest BCUT2D eigenvalue weighted by Gasteiger charge is -2.15. The zero-order valence-corrected chi connectivity index (χ0v) is 19.7. The summed E-state index contributed by atoms with van der Waals surface area (Å²) >= 11 is 0. The summed E-state index contributed by atoms with van der Waals surface area (Å²) in [7, 11) is 0. The maximum atomic E-state index is 12.0. The highest BCUT2D eigenvalue weighted by atomic mass is 16.6. The molecule has 0 bridgehead atoms. The van der Waals surface area contributed by atoms with Gasteiger partial charge in [-0.2, -0.15) is 0 Å². The van der Waals surface area contributed by atoms with Crippen molar-refractivity contribution in [3.05, 3.63) is 36.7 Å². The molecule has 0 saturated heterocycles. The van der Waals surface area contributed by atoms with E-state index in [0.29, 0.717) is 23.9 Å². The second-order valence-electron chi connectivity index (χ2n) is 8.01. The van der Waals surface area contributed by atoms with Gasteiger partial charge in [-0.1, -0.05) is 39.0 Å². The Labute approximate surface area is 195 Å². The molecular formula is C25H34N2O6. The van der Waals surface area contributed by atoms with Crippen LogP contribution in [0, 0.1) is 5.92 Å². The molecule has 180 valence electrons. The van der Waals surface area contributed by atoms with Gasteiger partial charge in [0.05, 0.1) is 24.9 Å². The van der Waals surface area contributed by atoms with E-state index >= 15 is 0 Å². The third-order valence-electron chi connectivity index (χ3n) is 5.05. The number of carboxylic acid groups (broad SMARTS) is 1. The minimum absolute atomic E-state index is 0.198. The molecule has 0 spiro atoms. The second-order valence-corrected chi connectivity index (χ2v) is 8.01. The van der Waals surface area contributed by atoms with Crippen molar-refractivity contribution in [2.45, 2.75) is 65.4 Å². The van der Waals surface area contributed by atoms with Crippen molar-refractivity contribution >= 4 is 11.9 Å². The monoisotopic (exact) mass is 458 g/mol. The van der Waals surface area contributed by atoms with Crippen LogP contribution in [0.5, 0.6) is 11.5 Å². The summed E-state index contributed by atoms with van der Waals surface area (Å²) in [5, 5.41) is 8.85. The first-order valence-corrected chi connectivity index (χ1v) is 11.5. The smallest absolute Gasteiger partial charge is 0.347 e. The number of carbonyl (C=O) groups is 2. The lowest BCUT2D eigenvalue weighted by atomic mass is 10.1. The normalized spacial score (nSPS) is 12.6. The molecule has 8 heteroatoms. The van der Waals surface area contributed by atoms with E-state index in [9.17, 15) is 9.59 Å².